The summed E-state index contributed by atoms with van der Waals surface area (Å²) < 4.78 is 10.6. The molecular formula is C15H20ClN5O3. The van der Waals surface area contributed by atoms with Gasteiger partial charge < -0.3 is 19.5 Å². The second-order valence-electron chi connectivity index (χ2n) is 5.43. The molecule has 1 N–H and O–H groups in total. The van der Waals surface area contributed by atoms with E-state index in [1.54, 1.807) is 30.4 Å². The maximum Gasteiger partial charge on any atom is 0.246 e. The van der Waals surface area contributed by atoms with Gasteiger partial charge in [-0.1, -0.05) is 5.16 Å². The Balaban J connectivity index is 0.00000208. The molecule has 0 aromatic carbocycles. The van der Waals surface area contributed by atoms with Gasteiger partial charge in [0.25, 0.3) is 0 Å². The smallest absolute Gasteiger partial charge is 0.246 e. The minimum Gasteiger partial charge on any atom is -0.378 e. The zero-order chi connectivity index (χ0) is 16.1. The molecule has 3 rings (SSSR count). The lowest BCUT2D eigenvalue weighted by Crippen LogP contribution is -2.44. The summed E-state index contributed by atoms with van der Waals surface area (Å²) in [6.07, 6.45) is 3.73. The van der Waals surface area contributed by atoms with Crippen molar-refractivity contribution < 1.29 is 14.1 Å². The van der Waals surface area contributed by atoms with Crippen LogP contribution < -0.4 is 5.32 Å². The highest BCUT2D eigenvalue weighted by Crippen LogP contribution is 2.14. The number of aromatic nitrogens is 3. The van der Waals surface area contributed by atoms with Gasteiger partial charge in [0.05, 0.1) is 19.8 Å². The molecule has 1 aliphatic rings. The summed E-state index contributed by atoms with van der Waals surface area (Å²) in [5.74, 6) is 0.873. The number of ether oxygens (including phenoxy) is 1. The minimum absolute atomic E-state index is 0. The van der Waals surface area contributed by atoms with E-state index in [0.29, 0.717) is 31.3 Å². The lowest BCUT2D eigenvalue weighted by Gasteiger charge is -2.25. The van der Waals surface area contributed by atoms with Gasteiger partial charge in [-0.25, -0.2) is 0 Å². The van der Waals surface area contributed by atoms with Crippen molar-refractivity contribution in [1.29, 1.82) is 0 Å². The van der Waals surface area contributed by atoms with Crippen molar-refractivity contribution in [2.45, 2.75) is 19.0 Å². The highest BCUT2D eigenvalue weighted by Gasteiger charge is 2.20. The Morgan fingerprint density at radius 2 is 2.38 bits per heavy atom. The summed E-state index contributed by atoms with van der Waals surface area (Å²) in [5.41, 5.74) is 0.778. The first kappa shape index (κ1) is 18.3. The minimum atomic E-state index is 0. The van der Waals surface area contributed by atoms with Crippen LogP contribution in [-0.2, 0) is 16.1 Å². The summed E-state index contributed by atoms with van der Waals surface area (Å²) in [6, 6.07) is 3.72. The second-order valence-corrected chi connectivity index (χ2v) is 5.43. The van der Waals surface area contributed by atoms with Gasteiger partial charge in [0.2, 0.25) is 17.6 Å². The van der Waals surface area contributed by atoms with E-state index in [-0.39, 0.29) is 30.9 Å². The summed E-state index contributed by atoms with van der Waals surface area (Å²) in [4.78, 5) is 22.1. The molecule has 8 nitrogen and oxygen atoms in total. The van der Waals surface area contributed by atoms with Gasteiger partial charge in [-0.3, -0.25) is 9.78 Å². The molecule has 1 aliphatic heterocycles. The molecule has 9 heteroatoms. The van der Waals surface area contributed by atoms with E-state index in [1.165, 1.54) is 0 Å². The Morgan fingerprint density at radius 3 is 3.08 bits per heavy atom. The molecule has 130 valence electrons. The van der Waals surface area contributed by atoms with E-state index in [9.17, 15) is 4.79 Å². The highest BCUT2D eigenvalue weighted by molar-refractivity contribution is 5.85. The van der Waals surface area contributed by atoms with Crippen LogP contribution in [-0.4, -0.2) is 58.8 Å². The SMILES string of the molecule is CN(Cc1nc(-c2cccnc2)no1)C(=O)CC1COCCN1.Cl. The number of hydrogen-bond donors (Lipinski definition) is 1. The molecule has 1 saturated heterocycles. The summed E-state index contributed by atoms with van der Waals surface area (Å²) in [6.45, 7) is 2.31. The van der Waals surface area contributed by atoms with Crippen LogP contribution in [0.1, 0.15) is 12.3 Å². The van der Waals surface area contributed by atoms with Crippen LogP contribution in [0.5, 0.6) is 0 Å². The van der Waals surface area contributed by atoms with Crippen LogP contribution in [0.3, 0.4) is 0 Å². The molecular weight excluding hydrogens is 334 g/mol. The Morgan fingerprint density at radius 1 is 1.50 bits per heavy atom. The summed E-state index contributed by atoms with van der Waals surface area (Å²) >= 11 is 0. The molecule has 1 atom stereocenters. The van der Waals surface area contributed by atoms with Gasteiger partial charge in [-0.15, -0.1) is 12.4 Å². The molecule has 0 aliphatic carbocycles. The average molecular weight is 354 g/mol. The Bertz CT molecular complexity index is 646. The van der Waals surface area contributed by atoms with Gasteiger partial charge in [0.1, 0.15) is 0 Å². The number of morpholine rings is 1. The predicted octanol–water partition coefficient (Wildman–Crippen LogP) is 0.890. The number of carbonyl (C=O) groups excluding carboxylic acids is 1. The van der Waals surface area contributed by atoms with Gasteiger partial charge in [0, 0.05) is 44.0 Å². The van der Waals surface area contributed by atoms with E-state index in [1.807, 2.05) is 6.07 Å². The fourth-order valence-corrected chi connectivity index (χ4v) is 2.34. The van der Waals surface area contributed by atoms with Crippen LogP contribution in [0.25, 0.3) is 11.4 Å². The van der Waals surface area contributed by atoms with Crippen molar-refractivity contribution >= 4 is 18.3 Å². The van der Waals surface area contributed by atoms with Crippen LogP contribution >= 0.6 is 12.4 Å². The molecule has 1 amide bonds. The summed E-state index contributed by atoms with van der Waals surface area (Å²) in [7, 11) is 1.72. The van der Waals surface area contributed by atoms with E-state index >= 15 is 0 Å². The molecule has 2 aromatic heterocycles. The maximum absolute atomic E-state index is 12.2. The third kappa shape index (κ3) is 4.73. The maximum atomic E-state index is 12.2. The molecule has 2 aromatic rings. The molecule has 1 fully saturated rings. The molecule has 3 heterocycles. The Hall–Kier alpha value is -2.03. The zero-order valence-electron chi connectivity index (χ0n) is 13.3. The largest absolute Gasteiger partial charge is 0.378 e. The van der Waals surface area contributed by atoms with Crippen LogP contribution in [0.4, 0.5) is 0 Å². The lowest BCUT2D eigenvalue weighted by molar-refractivity contribution is -0.132. The quantitative estimate of drug-likeness (QED) is 0.853. The van der Waals surface area contributed by atoms with Gasteiger partial charge in [-0.05, 0) is 12.1 Å². The first-order valence-electron chi connectivity index (χ1n) is 7.50. The molecule has 0 radical (unpaired) electrons. The number of amides is 1. The number of rotatable bonds is 5. The standard InChI is InChI=1S/C15H19N5O3.ClH/c1-20(14(21)7-12-10-22-6-5-17-12)9-13-18-15(19-23-13)11-3-2-4-16-8-11;/h2-4,8,12,17H,5-7,9-10H2,1H3;1H. The van der Waals surface area contributed by atoms with Crippen molar-refractivity contribution in [3.05, 3.63) is 30.4 Å². The zero-order valence-corrected chi connectivity index (χ0v) is 14.2. The number of halogens is 1. The Kier molecular flexibility index (Phi) is 6.65. The van der Waals surface area contributed by atoms with Crippen molar-refractivity contribution in [2.24, 2.45) is 0 Å². The molecule has 24 heavy (non-hydrogen) atoms. The Labute approximate surface area is 146 Å². The van der Waals surface area contributed by atoms with Crippen molar-refractivity contribution in [3.8, 4) is 11.4 Å². The number of pyridine rings is 1. The highest BCUT2D eigenvalue weighted by atomic mass is 35.5. The first-order chi connectivity index (χ1) is 11.2. The lowest BCUT2D eigenvalue weighted by atomic mass is 10.2. The van der Waals surface area contributed by atoms with E-state index in [4.69, 9.17) is 9.26 Å². The monoisotopic (exact) mass is 353 g/mol. The molecule has 0 bridgehead atoms. The molecule has 1 unspecified atom stereocenters. The van der Waals surface area contributed by atoms with Crippen LogP contribution in [0.2, 0.25) is 0 Å². The fraction of sp³-hybridized carbons (Fsp3) is 0.467. The number of nitrogens with one attached hydrogen (secondary N) is 1. The summed E-state index contributed by atoms with van der Waals surface area (Å²) in [5, 5.41) is 7.18. The van der Waals surface area contributed by atoms with E-state index in [2.05, 4.69) is 20.4 Å². The van der Waals surface area contributed by atoms with E-state index in [0.717, 1.165) is 12.1 Å². The first-order valence-corrected chi connectivity index (χ1v) is 7.50. The number of carbonyl (C=O) groups is 1. The van der Waals surface area contributed by atoms with Gasteiger partial charge in [0.15, 0.2) is 0 Å². The predicted molar refractivity (Wildman–Crippen MR) is 88.5 cm³/mol. The number of hydrogen-bond acceptors (Lipinski definition) is 7. The third-order valence-electron chi connectivity index (χ3n) is 3.61. The fourth-order valence-electron chi connectivity index (χ4n) is 2.34. The molecule has 0 spiro atoms. The van der Waals surface area contributed by atoms with Gasteiger partial charge in [-0.2, -0.15) is 4.98 Å². The van der Waals surface area contributed by atoms with Crippen molar-refractivity contribution in [1.82, 2.24) is 25.3 Å². The third-order valence-corrected chi connectivity index (χ3v) is 3.61. The molecule has 0 saturated carbocycles. The van der Waals surface area contributed by atoms with E-state index < -0.39 is 0 Å². The van der Waals surface area contributed by atoms with Crippen molar-refractivity contribution in [2.75, 3.05) is 26.8 Å². The topological polar surface area (TPSA) is 93.4 Å². The van der Waals surface area contributed by atoms with Crippen molar-refractivity contribution in [3.63, 3.8) is 0 Å². The second kappa shape index (κ2) is 8.72. The van der Waals surface area contributed by atoms with Gasteiger partial charge >= 0.3 is 0 Å². The van der Waals surface area contributed by atoms with Crippen LogP contribution in [0.15, 0.2) is 29.0 Å². The normalized spacial score (nSPS) is 17.1. The van der Waals surface area contributed by atoms with Crippen LogP contribution in [0, 0.1) is 0 Å². The average Bonchev–Trinajstić information content (AvgIpc) is 3.05. The number of nitrogens with zero attached hydrogens (tertiary/aromatic N) is 4.